The van der Waals surface area contributed by atoms with Crippen LogP contribution in [0, 0.1) is 0 Å². The minimum atomic E-state index is -0.261. The van der Waals surface area contributed by atoms with Gasteiger partial charge in [0.25, 0.3) is 5.91 Å². The summed E-state index contributed by atoms with van der Waals surface area (Å²) in [5, 5.41) is 9.68. The summed E-state index contributed by atoms with van der Waals surface area (Å²) in [6.07, 6.45) is 1.45. The van der Waals surface area contributed by atoms with E-state index in [1.54, 1.807) is 6.07 Å². The van der Waals surface area contributed by atoms with Gasteiger partial charge in [0.1, 0.15) is 0 Å². The van der Waals surface area contributed by atoms with E-state index in [9.17, 15) is 4.79 Å². The molecule has 0 aliphatic heterocycles. The molecule has 96 valence electrons. The van der Waals surface area contributed by atoms with Crippen molar-refractivity contribution in [3.05, 3.63) is 34.3 Å². The predicted octanol–water partition coefficient (Wildman–Crippen LogP) is 3.32. The van der Waals surface area contributed by atoms with E-state index in [4.69, 9.17) is 4.42 Å². The van der Waals surface area contributed by atoms with Gasteiger partial charge in [-0.1, -0.05) is 20.8 Å². The van der Waals surface area contributed by atoms with Gasteiger partial charge in [0, 0.05) is 17.2 Å². The molecule has 2 heterocycles. The van der Waals surface area contributed by atoms with Gasteiger partial charge < -0.3 is 9.73 Å². The monoisotopic (exact) mass is 311 g/mol. The Balaban J connectivity index is 2.13. The Bertz CT molecular complexity index is 566. The van der Waals surface area contributed by atoms with Crippen molar-refractivity contribution >= 4 is 27.7 Å². The lowest BCUT2D eigenvalue weighted by atomic mass is 9.92. The first-order chi connectivity index (χ1) is 8.38. The topological polar surface area (TPSA) is 70.9 Å². The molecular weight excluding hydrogens is 298 g/mol. The second-order valence-electron chi connectivity index (χ2n) is 4.98. The number of halogens is 1. The molecule has 0 bridgehead atoms. The van der Waals surface area contributed by atoms with Gasteiger partial charge in [0.15, 0.2) is 10.5 Å². The number of H-pyrrole nitrogens is 1. The lowest BCUT2D eigenvalue weighted by molar-refractivity contribution is 0.102. The van der Waals surface area contributed by atoms with Crippen LogP contribution in [0.1, 0.15) is 36.8 Å². The van der Waals surface area contributed by atoms with Crippen LogP contribution >= 0.6 is 15.9 Å². The number of aromatic amines is 1. The van der Waals surface area contributed by atoms with Gasteiger partial charge in [-0.3, -0.25) is 9.89 Å². The number of hydrogen-bond acceptors (Lipinski definition) is 3. The molecule has 0 radical (unpaired) electrons. The number of amides is 1. The summed E-state index contributed by atoms with van der Waals surface area (Å²) in [7, 11) is 0. The van der Waals surface area contributed by atoms with Gasteiger partial charge in [-0.2, -0.15) is 5.10 Å². The van der Waals surface area contributed by atoms with Crippen molar-refractivity contribution in [1.29, 1.82) is 0 Å². The minimum absolute atomic E-state index is 0.0355. The highest BCUT2D eigenvalue weighted by Gasteiger charge is 2.18. The van der Waals surface area contributed by atoms with E-state index in [1.807, 2.05) is 6.07 Å². The van der Waals surface area contributed by atoms with E-state index in [0.29, 0.717) is 16.1 Å². The smallest absolute Gasteiger partial charge is 0.261 e. The summed E-state index contributed by atoms with van der Waals surface area (Å²) < 4.78 is 5.42. The number of rotatable bonds is 2. The number of nitrogens with one attached hydrogen (secondary N) is 2. The normalized spacial score (nSPS) is 11.6. The largest absolute Gasteiger partial charge is 0.457 e. The number of carbonyl (C=O) groups excluding carboxylic acids is 1. The van der Waals surface area contributed by atoms with Crippen molar-refractivity contribution in [2.24, 2.45) is 0 Å². The molecule has 6 heteroatoms. The molecule has 1 amide bonds. The molecule has 0 aliphatic carbocycles. The lowest BCUT2D eigenvalue weighted by Gasteiger charge is -2.14. The van der Waals surface area contributed by atoms with Gasteiger partial charge in [0.05, 0.1) is 11.8 Å². The third kappa shape index (κ3) is 2.64. The van der Waals surface area contributed by atoms with E-state index >= 15 is 0 Å². The molecule has 0 aliphatic rings. The average Bonchev–Trinajstić information content (AvgIpc) is 2.85. The minimum Gasteiger partial charge on any atom is -0.457 e. The van der Waals surface area contributed by atoms with Crippen molar-refractivity contribution in [1.82, 2.24) is 10.2 Å². The van der Waals surface area contributed by atoms with E-state index in [-0.39, 0.29) is 11.3 Å². The van der Waals surface area contributed by atoms with Crippen LogP contribution in [-0.2, 0) is 5.41 Å². The van der Waals surface area contributed by atoms with E-state index in [1.165, 1.54) is 6.26 Å². The average molecular weight is 312 g/mol. The third-order valence-corrected chi connectivity index (χ3v) is 3.10. The second-order valence-corrected chi connectivity index (χ2v) is 5.70. The highest BCUT2D eigenvalue weighted by atomic mass is 79.9. The Labute approximate surface area is 113 Å². The number of hydrogen-bond donors (Lipinski definition) is 2. The molecule has 0 spiro atoms. The Morgan fingerprint density at radius 3 is 2.72 bits per heavy atom. The van der Waals surface area contributed by atoms with Crippen molar-refractivity contribution in [2.75, 3.05) is 5.32 Å². The predicted molar refractivity (Wildman–Crippen MR) is 71.6 cm³/mol. The van der Waals surface area contributed by atoms with Gasteiger partial charge in [-0.15, -0.1) is 0 Å². The van der Waals surface area contributed by atoms with Crippen molar-refractivity contribution in [3.63, 3.8) is 0 Å². The maximum Gasteiger partial charge on any atom is 0.261 e. The number of furan rings is 1. The Morgan fingerprint density at radius 2 is 2.22 bits per heavy atom. The Morgan fingerprint density at radius 1 is 1.50 bits per heavy atom. The quantitative estimate of drug-likeness (QED) is 0.893. The Kier molecular flexibility index (Phi) is 3.30. The van der Waals surface area contributed by atoms with Crippen LogP contribution in [0.4, 0.5) is 5.82 Å². The van der Waals surface area contributed by atoms with E-state index in [0.717, 1.165) is 5.69 Å². The first kappa shape index (κ1) is 12.9. The first-order valence-corrected chi connectivity index (χ1v) is 6.27. The molecular formula is C12H14BrN3O2. The molecule has 2 aromatic rings. The summed E-state index contributed by atoms with van der Waals surface area (Å²) >= 11 is 3.16. The third-order valence-electron chi connectivity index (χ3n) is 2.49. The molecule has 0 unspecified atom stereocenters. The second kappa shape index (κ2) is 4.61. The maximum atomic E-state index is 11.9. The van der Waals surface area contributed by atoms with Crippen LogP contribution in [0.25, 0.3) is 0 Å². The molecule has 18 heavy (non-hydrogen) atoms. The fraction of sp³-hybridized carbons (Fsp3) is 0.333. The lowest BCUT2D eigenvalue weighted by Crippen LogP contribution is -2.12. The first-order valence-electron chi connectivity index (χ1n) is 5.48. The van der Waals surface area contributed by atoms with Gasteiger partial charge >= 0.3 is 0 Å². The summed E-state index contributed by atoms with van der Waals surface area (Å²) in [5.74, 6) is 0.237. The number of carbonyl (C=O) groups is 1. The van der Waals surface area contributed by atoms with E-state index in [2.05, 4.69) is 52.2 Å². The highest BCUT2D eigenvalue weighted by Crippen LogP contribution is 2.23. The van der Waals surface area contributed by atoms with Crippen molar-refractivity contribution in [2.45, 2.75) is 26.2 Å². The van der Waals surface area contributed by atoms with Crippen LogP contribution in [0.2, 0.25) is 0 Å². The van der Waals surface area contributed by atoms with Crippen LogP contribution in [0.5, 0.6) is 0 Å². The Hall–Kier alpha value is -1.56. The maximum absolute atomic E-state index is 11.9. The number of nitrogens with zero attached hydrogens (tertiary/aromatic N) is 1. The van der Waals surface area contributed by atoms with Crippen LogP contribution in [0.3, 0.4) is 0 Å². The SMILES string of the molecule is CC(C)(C)c1cc(NC(=O)c2ccoc2Br)n[nH]1. The van der Waals surface area contributed by atoms with Gasteiger partial charge in [-0.05, 0) is 22.0 Å². The van der Waals surface area contributed by atoms with Gasteiger partial charge in [-0.25, -0.2) is 0 Å². The zero-order valence-corrected chi connectivity index (χ0v) is 12.0. The number of anilines is 1. The molecule has 2 aromatic heterocycles. The summed E-state index contributed by atoms with van der Waals surface area (Å²) in [5.41, 5.74) is 1.37. The fourth-order valence-electron chi connectivity index (χ4n) is 1.41. The zero-order valence-electron chi connectivity index (χ0n) is 10.4. The highest BCUT2D eigenvalue weighted by molar-refractivity contribution is 9.10. The number of aromatic nitrogens is 2. The molecule has 0 aromatic carbocycles. The molecule has 0 saturated carbocycles. The molecule has 5 nitrogen and oxygen atoms in total. The summed E-state index contributed by atoms with van der Waals surface area (Å²) in [4.78, 5) is 11.9. The van der Waals surface area contributed by atoms with Gasteiger partial charge in [0.2, 0.25) is 0 Å². The molecule has 2 N–H and O–H groups in total. The van der Waals surface area contributed by atoms with Crippen LogP contribution in [-0.4, -0.2) is 16.1 Å². The van der Waals surface area contributed by atoms with Crippen molar-refractivity contribution in [3.8, 4) is 0 Å². The van der Waals surface area contributed by atoms with Crippen LogP contribution < -0.4 is 5.32 Å². The standard InChI is InChI=1S/C12H14BrN3O2/c1-12(2,3)8-6-9(16-15-8)14-11(17)7-4-5-18-10(7)13/h4-6H,1-3H3,(H2,14,15,16,17). The fourth-order valence-corrected chi connectivity index (χ4v) is 1.83. The molecule has 0 fully saturated rings. The molecule has 0 saturated heterocycles. The molecule has 2 rings (SSSR count). The molecule has 0 atom stereocenters. The van der Waals surface area contributed by atoms with E-state index < -0.39 is 0 Å². The zero-order chi connectivity index (χ0) is 13.3. The van der Waals surface area contributed by atoms with Crippen LogP contribution in [0.15, 0.2) is 27.5 Å². The van der Waals surface area contributed by atoms with Crippen molar-refractivity contribution < 1.29 is 9.21 Å². The summed E-state index contributed by atoms with van der Waals surface area (Å²) in [6.45, 7) is 6.20. The summed E-state index contributed by atoms with van der Waals surface area (Å²) in [6, 6.07) is 3.42.